The van der Waals surface area contributed by atoms with Crippen molar-refractivity contribution in [3.8, 4) is 0 Å². The molecule has 1 unspecified atom stereocenters. The van der Waals surface area contributed by atoms with Crippen molar-refractivity contribution < 1.29 is 22.7 Å². The summed E-state index contributed by atoms with van der Waals surface area (Å²) >= 11 is 0. The van der Waals surface area contributed by atoms with Gasteiger partial charge in [0.05, 0.1) is 11.1 Å². The third-order valence-electron chi connectivity index (χ3n) is 3.46. The lowest BCUT2D eigenvalue weighted by atomic mass is 9.97. The van der Waals surface area contributed by atoms with Crippen LogP contribution in [0.3, 0.4) is 0 Å². The van der Waals surface area contributed by atoms with Gasteiger partial charge in [-0.15, -0.1) is 0 Å². The molecule has 0 N–H and O–H groups in total. The Balaban J connectivity index is 1.92. The Hall–Kier alpha value is -2.30. The maximum absolute atomic E-state index is 12.7. The van der Waals surface area contributed by atoms with E-state index in [9.17, 15) is 18.0 Å². The molecule has 1 heterocycles. The minimum Gasteiger partial charge on any atom is -0.454 e. The van der Waals surface area contributed by atoms with Crippen molar-refractivity contribution in [3.63, 3.8) is 0 Å². The van der Waals surface area contributed by atoms with E-state index in [1.54, 1.807) is 0 Å². The zero-order valence-corrected chi connectivity index (χ0v) is 10.9. The van der Waals surface area contributed by atoms with Crippen LogP contribution >= 0.6 is 0 Å². The van der Waals surface area contributed by atoms with Gasteiger partial charge in [-0.2, -0.15) is 13.2 Å². The molecule has 5 heteroatoms. The molecule has 108 valence electrons. The third kappa shape index (κ3) is 2.63. The van der Waals surface area contributed by atoms with Crippen molar-refractivity contribution in [3.05, 3.63) is 70.8 Å². The summed E-state index contributed by atoms with van der Waals surface area (Å²) in [6, 6.07) is 12.5. The Kier molecular flexibility index (Phi) is 3.20. The Labute approximate surface area is 119 Å². The van der Waals surface area contributed by atoms with Crippen molar-refractivity contribution in [1.82, 2.24) is 0 Å². The number of cyclic esters (lactones) is 1. The van der Waals surface area contributed by atoms with Crippen LogP contribution in [0.2, 0.25) is 0 Å². The summed E-state index contributed by atoms with van der Waals surface area (Å²) in [5.41, 5.74) is 0.643. The number of alkyl halides is 3. The van der Waals surface area contributed by atoms with Crippen LogP contribution in [-0.4, -0.2) is 5.97 Å². The van der Waals surface area contributed by atoms with E-state index >= 15 is 0 Å². The van der Waals surface area contributed by atoms with Crippen LogP contribution < -0.4 is 0 Å². The fraction of sp³-hybridized carbons (Fsp3) is 0.188. The standard InChI is InChI=1S/C16H11F3O2/c17-16(18,19)11-6-7-12-13(9-11)15(20)21-14(12)8-10-4-2-1-3-5-10/h1-7,9,14H,8H2. The summed E-state index contributed by atoms with van der Waals surface area (Å²) in [5.74, 6) is -0.697. The predicted octanol–water partition coefficient (Wildman–Crippen LogP) is 4.16. The first-order valence-corrected chi connectivity index (χ1v) is 6.41. The molecule has 0 aliphatic carbocycles. The van der Waals surface area contributed by atoms with E-state index in [2.05, 4.69) is 0 Å². The van der Waals surface area contributed by atoms with Crippen LogP contribution in [0.1, 0.15) is 33.2 Å². The topological polar surface area (TPSA) is 26.3 Å². The summed E-state index contributed by atoms with van der Waals surface area (Å²) < 4.78 is 43.2. The molecular weight excluding hydrogens is 281 g/mol. The van der Waals surface area contributed by atoms with Gasteiger partial charge >= 0.3 is 12.1 Å². The Morgan fingerprint density at radius 3 is 2.43 bits per heavy atom. The Morgan fingerprint density at radius 1 is 1.05 bits per heavy atom. The van der Waals surface area contributed by atoms with Crippen LogP contribution in [0.15, 0.2) is 48.5 Å². The number of rotatable bonds is 2. The highest BCUT2D eigenvalue weighted by Gasteiger charge is 2.36. The minimum atomic E-state index is -4.47. The molecule has 2 nitrogen and oxygen atoms in total. The molecular formula is C16H11F3O2. The molecule has 3 rings (SSSR count). The van der Waals surface area contributed by atoms with E-state index in [1.165, 1.54) is 6.07 Å². The van der Waals surface area contributed by atoms with Crippen LogP contribution in [0.5, 0.6) is 0 Å². The fourth-order valence-electron chi connectivity index (χ4n) is 2.43. The van der Waals surface area contributed by atoms with Gasteiger partial charge in [0.15, 0.2) is 0 Å². The van der Waals surface area contributed by atoms with Crippen LogP contribution in [-0.2, 0) is 17.3 Å². The summed E-state index contributed by atoms with van der Waals surface area (Å²) in [6.07, 6.45) is -4.55. The van der Waals surface area contributed by atoms with Gasteiger partial charge in [0.1, 0.15) is 6.10 Å². The maximum atomic E-state index is 12.7. The number of esters is 1. The van der Waals surface area contributed by atoms with Gasteiger partial charge in [-0.1, -0.05) is 36.4 Å². The summed E-state index contributed by atoms with van der Waals surface area (Å²) in [6.45, 7) is 0. The highest BCUT2D eigenvalue weighted by Crippen LogP contribution is 2.37. The lowest BCUT2D eigenvalue weighted by molar-refractivity contribution is -0.137. The molecule has 0 fully saturated rings. The molecule has 1 aliphatic rings. The van der Waals surface area contributed by atoms with E-state index in [1.807, 2.05) is 30.3 Å². The Bertz CT molecular complexity index is 678. The maximum Gasteiger partial charge on any atom is 0.416 e. The number of hydrogen-bond donors (Lipinski definition) is 0. The number of fused-ring (bicyclic) bond motifs is 1. The average molecular weight is 292 g/mol. The summed E-state index contributed by atoms with van der Waals surface area (Å²) in [7, 11) is 0. The number of hydrogen-bond acceptors (Lipinski definition) is 2. The highest BCUT2D eigenvalue weighted by molar-refractivity contribution is 5.94. The lowest BCUT2D eigenvalue weighted by Gasteiger charge is -2.11. The van der Waals surface area contributed by atoms with Gasteiger partial charge in [-0.25, -0.2) is 4.79 Å². The predicted molar refractivity (Wildman–Crippen MR) is 69.7 cm³/mol. The van der Waals surface area contributed by atoms with Gasteiger partial charge in [0.25, 0.3) is 0 Å². The van der Waals surface area contributed by atoms with Gasteiger partial charge < -0.3 is 4.74 Å². The molecule has 2 aromatic carbocycles. The smallest absolute Gasteiger partial charge is 0.416 e. The molecule has 0 radical (unpaired) electrons. The molecule has 0 bridgehead atoms. The molecule has 0 spiro atoms. The van der Waals surface area contributed by atoms with E-state index in [0.29, 0.717) is 12.0 Å². The molecule has 0 saturated carbocycles. The number of halogens is 3. The van der Waals surface area contributed by atoms with Crippen LogP contribution in [0, 0.1) is 0 Å². The van der Waals surface area contributed by atoms with Crippen molar-refractivity contribution in [1.29, 1.82) is 0 Å². The average Bonchev–Trinajstić information content (AvgIpc) is 2.75. The largest absolute Gasteiger partial charge is 0.454 e. The number of carbonyl (C=O) groups excluding carboxylic acids is 1. The van der Waals surface area contributed by atoms with Crippen molar-refractivity contribution in [2.75, 3.05) is 0 Å². The van der Waals surface area contributed by atoms with Gasteiger partial charge in [0.2, 0.25) is 0 Å². The number of carbonyl (C=O) groups is 1. The zero-order chi connectivity index (χ0) is 15.0. The molecule has 0 amide bonds. The fourth-order valence-corrected chi connectivity index (χ4v) is 2.43. The summed E-state index contributed by atoms with van der Waals surface area (Å²) in [5, 5.41) is 0. The second-order valence-corrected chi connectivity index (χ2v) is 4.88. The number of benzene rings is 2. The quantitative estimate of drug-likeness (QED) is 0.777. The highest BCUT2D eigenvalue weighted by atomic mass is 19.4. The van der Waals surface area contributed by atoms with Crippen molar-refractivity contribution in [2.24, 2.45) is 0 Å². The first-order valence-electron chi connectivity index (χ1n) is 6.41. The van der Waals surface area contributed by atoms with Gasteiger partial charge in [-0.3, -0.25) is 0 Å². The SMILES string of the molecule is O=C1OC(Cc2ccccc2)c2ccc(C(F)(F)F)cc21. The molecule has 0 aromatic heterocycles. The van der Waals surface area contributed by atoms with Gasteiger partial charge in [0, 0.05) is 12.0 Å². The second kappa shape index (κ2) is 4.91. The van der Waals surface area contributed by atoms with E-state index < -0.39 is 23.8 Å². The molecule has 0 saturated heterocycles. The molecule has 21 heavy (non-hydrogen) atoms. The summed E-state index contributed by atoms with van der Waals surface area (Å²) in [4.78, 5) is 11.8. The monoisotopic (exact) mass is 292 g/mol. The minimum absolute atomic E-state index is 0.00533. The molecule has 2 aromatic rings. The molecule has 1 atom stereocenters. The first kappa shape index (κ1) is 13.7. The Morgan fingerprint density at radius 2 is 1.76 bits per heavy atom. The number of ether oxygens (including phenoxy) is 1. The lowest BCUT2D eigenvalue weighted by Crippen LogP contribution is -2.06. The molecule has 1 aliphatic heterocycles. The normalized spacial score (nSPS) is 17.5. The van der Waals surface area contributed by atoms with Crippen LogP contribution in [0.4, 0.5) is 13.2 Å². The van der Waals surface area contributed by atoms with E-state index in [4.69, 9.17) is 4.74 Å². The van der Waals surface area contributed by atoms with E-state index in [0.717, 1.165) is 17.7 Å². The van der Waals surface area contributed by atoms with Crippen molar-refractivity contribution in [2.45, 2.75) is 18.7 Å². The van der Waals surface area contributed by atoms with Crippen LogP contribution in [0.25, 0.3) is 0 Å². The third-order valence-corrected chi connectivity index (χ3v) is 3.46. The first-order chi connectivity index (χ1) is 9.95. The van der Waals surface area contributed by atoms with Crippen molar-refractivity contribution >= 4 is 5.97 Å². The second-order valence-electron chi connectivity index (χ2n) is 4.88. The van der Waals surface area contributed by atoms with E-state index in [-0.39, 0.29) is 5.56 Å². The zero-order valence-electron chi connectivity index (χ0n) is 10.9. The van der Waals surface area contributed by atoms with Gasteiger partial charge in [-0.05, 0) is 17.7 Å².